The zero-order chi connectivity index (χ0) is 20.0. The summed E-state index contributed by atoms with van der Waals surface area (Å²) in [6.45, 7) is 3.33. The van der Waals surface area contributed by atoms with Gasteiger partial charge in [-0.3, -0.25) is 4.99 Å². The molecule has 2 aromatic rings. The highest BCUT2D eigenvalue weighted by molar-refractivity contribution is 9.10. The molecule has 0 radical (unpaired) electrons. The summed E-state index contributed by atoms with van der Waals surface area (Å²) in [7, 11) is 0. The van der Waals surface area contributed by atoms with Crippen LogP contribution in [0.25, 0.3) is 0 Å². The molecule has 1 aromatic heterocycles. The van der Waals surface area contributed by atoms with Gasteiger partial charge in [-0.25, -0.2) is 9.37 Å². The summed E-state index contributed by atoms with van der Waals surface area (Å²) < 4.78 is 14.5. The van der Waals surface area contributed by atoms with E-state index in [0.717, 1.165) is 0 Å². The molecule has 140 valence electrons. The minimum absolute atomic E-state index is 0.173. The largest absolute Gasteiger partial charge is 0.403 e. The minimum atomic E-state index is -0.895. The molecular formula is C17H18BrFN8. The second kappa shape index (κ2) is 8.46. The average Bonchev–Trinajstić information content (AvgIpc) is 2.64. The summed E-state index contributed by atoms with van der Waals surface area (Å²) in [5, 5.41) is 14.7. The molecule has 0 aliphatic rings. The first-order chi connectivity index (χ1) is 12.7. The van der Waals surface area contributed by atoms with Crippen molar-refractivity contribution in [1.82, 2.24) is 9.97 Å². The fourth-order valence-corrected chi connectivity index (χ4v) is 2.08. The molecule has 0 atom stereocenters. The van der Waals surface area contributed by atoms with Gasteiger partial charge >= 0.3 is 0 Å². The van der Waals surface area contributed by atoms with E-state index in [1.165, 1.54) is 36.8 Å². The Kier molecular flexibility index (Phi) is 6.31. The summed E-state index contributed by atoms with van der Waals surface area (Å²) in [5.74, 6) is 0.0447. The van der Waals surface area contributed by atoms with Crippen molar-refractivity contribution in [2.45, 2.75) is 19.4 Å². The van der Waals surface area contributed by atoms with Crippen molar-refractivity contribution in [1.29, 1.82) is 5.26 Å². The number of halogens is 2. The Morgan fingerprint density at radius 2 is 2.19 bits per heavy atom. The number of anilines is 4. The van der Waals surface area contributed by atoms with Gasteiger partial charge in [0.1, 0.15) is 17.2 Å². The van der Waals surface area contributed by atoms with E-state index in [2.05, 4.69) is 47.6 Å². The van der Waals surface area contributed by atoms with Gasteiger partial charge in [-0.2, -0.15) is 10.2 Å². The number of aliphatic imine (C=N–C) groups is 1. The topological polar surface area (TPSA) is 138 Å². The van der Waals surface area contributed by atoms with Crippen LogP contribution in [0.3, 0.4) is 0 Å². The first kappa shape index (κ1) is 20.1. The average molecular weight is 433 g/mol. The SMILES string of the molecule is CC(C)(C#N)N=C/C(=C\N)Nc1ncc(Br)c(Nc2cc(N)ccc2F)n1. The Bertz CT molecular complexity index is 933. The number of nitrogen functional groups attached to an aromatic ring is 1. The number of nitrogens with one attached hydrogen (secondary N) is 2. The van der Waals surface area contributed by atoms with Crippen molar-refractivity contribution in [2.75, 3.05) is 16.4 Å². The van der Waals surface area contributed by atoms with Crippen molar-refractivity contribution in [3.8, 4) is 6.07 Å². The molecule has 6 N–H and O–H groups in total. The highest BCUT2D eigenvalue weighted by Gasteiger charge is 2.13. The molecule has 0 aliphatic heterocycles. The van der Waals surface area contributed by atoms with E-state index in [0.29, 0.717) is 21.7 Å². The van der Waals surface area contributed by atoms with Crippen molar-refractivity contribution >= 4 is 45.3 Å². The number of aromatic nitrogens is 2. The molecule has 0 unspecified atom stereocenters. The Hall–Kier alpha value is -3.19. The molecule has 0 fully saturated rings. The summed E-state index contributed by atoms with van der Waals surface area (Å²) in [6.07, 6.45) is 4.18. The highest BCUT2D eigenvalue weighted by atomic mass is 79.9. The first-order valence-electron chi connectivity index (χ1n) is 7.74. The lowest BCUT2D eigenvalue weighted by Crippen LogP contribution is -2.15. The van der Waals surface area contributed by atoms with Crippen LogP contribution in [0, 0.1) is 17.1 Å². The molecule has 0 saturated carbocycles. The van der Waals surface area contributed by atoms with Crippen LogP contribution in [0.4, 0.5) is 27.5 Å². The molecular weight excluding hydrogens is 415 g/mol. The second-order valence-corrected chi connectivity index (χ2v) is 6.78. The maximum atomic E-state index is 13.9. The maximum absolute atomic E-state index is 13.9. The number of hydrogen-bond acceptors (Lipinski definition) is 8. The number of nitriles is 1. The number of allylic oxidation sites excluding steroid dienone is 1. The van der Waals surface area contributed by atoms with Crippen molar-refractivity contribution in [3.05, 3.63) is 46.6 Å². The van der Waals surface area contributed by atoms with Crippen LogP contribution in [0.15, 0.2) is 45.8 Å². The van der Waals surface area contributed by atoms with Crippen LogP contribution >= 0.6 is 15.9 Å². The number of hydrogen-bond donors (Lipinski definition) is 4. The monoisotopic (exact) mass is 432 g/mol. The van der Waals surface area contributed by atoms with E-state index in [1.807, 2.05) is 0 Å². The van der Waals surface area contributed by atoms with E-state index < -0.39 is 11.4 Å². The van der Waals surface area contributed by atoms with Crippen LogP contribution in [0.5, 0.6) is 0 Å². The number of benzene rings is 1. The van der Waals surface area contributed by atoms with Gasteiger partial charge in [-0.1, -0.05) is 0 Å². The molecule has 0 aliphatic carbocycles. The van der Waals surface area contributed by atoms with Crippen LogP contribution < -0.4 is 22.1 Å². The number of nitrogens with two attached hydrogens (primary N) is 2. The molecule has 0 spiro atoms. The lowest BCUT2D eigenvalue weighted by Gasteiger charge is -2.12. The molecule has 2 rings (SSSR count). The van der Waals surface area contributed by atoms with Gasteiger partial charge in [0, 0.05) is 24.3 Å². The molecule has 1 aromatic carbocycles. The predicted molar refractivity (Wildman–Crippen MR) is 108 cm³/mol. The minimum Gasteiger partial charge on any atom is -0.403 e. The first-order valence-corrected chi connectivity index (χ1v) is 8.53. The smallest absolute Gasteiger partial charge is 0.229 e. The van der Waals surface area contributed by atoms with Gasteiger partial charge in [0.15, 0.2) is 0 Å². The van der Waals surface area contributed by atoms with E-state index in [1.54, 1.807) is 13.8 Å². The highest BCUT2D eigenvalue weighted by Crippen LogP contribution is 2.27. The van der Waals surface area contributed by atoms with Crippen LogP contribution in [-0.4, -0.2) is 21.7 Å². The lowest BCUT2D eigenvalue weighted by atomic mass is 10.1. The molecule has 0 amide bonds. The fraction of sp³-hybridized carbons (Fsp3) is 0.176. The quantitative estimate of drug-likeness (QED) is 0.405. The van der Waals surface area contributed by atoms with E-state index in [-0.39, 0.29) is 11.6 Å². The van der Waals surface area contributed by atoms with Crippen LogP contribution in [-0.2, 0) is 0 Å². The molecule has 8 nitrogen and oxygen atoms in total. The zero-order valence-corrected chi connectivity index (χ0v) is 16.2. The number of rotatable bonds is 6. The summed E-state index contributed by atoms with van der Waals surface area (Å²) in [5.41, 5.74) is 11.3. The normalized spacial score (nSPS) is 12.0. The molecule has 0 saturated heterocycles. The molecule has 1 heterocycles. The third-order valence-electron chi connectivity index (χ3n) is 3.22. The van der Waals surface area contributed by atoms with Crippen LogP contribution in [0.2, 0.25) is 0 Å². The lowest BCUT2D eigenvalue weighted by molar-refractivity contribution is 0.632. The molecule has 10 heteroatoms. The van der Waals surface area contributed by atoms with Gasteiger partial charge in [-0.15, -0.1) is 0 Å². The van der Waals surface area contributed by atoms with Gasteiger partial charge in [-0.05, 0) is 48.0 Å². The van der Waals surface area contributed by atoms with Crippen molar-refractivity contribution in [3.63, 3.8) is 0 Å². The third-order valence-corrected chi connectivity index (χ3v) is 3.80. The fourth-order valence-electron chi connectivity index (χ4n) is 1.79. The van der Waals surface area contributed by atoms with E-state index >= 15 is 0 Å². The maximum Gasteiger partial charge on any atom is 0.229 e. The standard InChI is InChI=1S/C17H18BrFN8/c1-17(2,9-21)24-7-11(6-20)25-16-23-8-12(18)15(27-16)26-14-5-10(22)3-4-13(14)19/h3-8H,20,22H2,1-2H3,(H2,23,25,26,27)/b11-6+,24-7?. The Balaban J connectivity index is 2.24. The molecule has 0 bridgehead atoms. The van der Waals surface area contributed by atoms with Gasteiger partial charge in [0.2, 0.25) is 5.95 Å². The van der Waals surface area contributed by atoms with Crippen molar-refractivity contribution in [2.24, 2.45) is 10.7 Å². The van der Waals surface area contributed by atoms with E-state index in [4.69, 9.17) is 16.7 Å². The third kappa shape index (κ3) is 5.65. The summed E-state index contributed by atoms with van der Waals surface area (Å²) in [4.78, 5) is 12.5. The zero-order valence-electron chi connectivity index (χ0n) is 14.7. The van der Waals surface area contributed by atoms with Crippen molar-refractivity contribution < 1.29 is 4.39 Å². The molecule has 27 heavy (non-hydrogen) atoms. The predicted octanol–water partition coefficient (Wildman–Crippen LogP) is 3.29. The second-order valence-electron chi connectivity index (χ2n) is 5.93. The number of nitrogens with zero attached hydrogens (tertiary/aromatic N) is 4. The van der Waals surface area contributed by atoms with Gasteiger partial charge in [0.25, 0.3) is 0 Å². The summed E-state index contributed by atoms with van der Waals surface area (Å²) in [6, 6.07) is 6.23. The van der Waals surface area contributed by atoms with Gasteiger partial charge in [0.05, 0.1) is 21.9 Å². The van der Waals surface area contributed by atoms with Gasteiger partial charge < -0.3 is 22.1 Å². The Labute approximate surface area is 164 Å². The van der Waals surface area contributed by atoms with Crippen LogP contribution in [0.1, 0.15) is 13.8 Å². The summed E-state index contributed by atoms with van der Waals surface area (Å²) >= 11 is 3.31. The Morgan fingerprint density at radius 3 is 2.85 bits per heavy atom. The Morgan fingerprint density at radius 1 is 1.44 bits per heavy atom. The van der Waals surface area contributed by atoms with E-state index in [9.17, 15) is 4.39 Å².